The largest absolute Gasteiger partial charge is 0.575 e. The Bertz CT molecular complexity index is 2520. The maximum atomic E-state index is 12.3. The summed E-state index contributed by atoms with van der Waals surface area (Å²) >= 11 is 5.22. The van der Waals surface area contributed by atoms with Crippen LogP contribution in [-0.4, -0.2) is 46.1 Å². The van der Waals surface area contributed by atoms with Gasteiger partial charge in [0.15, 0.2) is 0 Å². The predicted octanol–water partition coefficient (Wildman–Crippen LogP) is 11.2. The SMILES string of the molecule is O=C(CCCCCCNC(=O)Nc1cn2c3c(cccc13)CCC2)NOCc1ccccc1.O=C(CCCCCC[N-]Cl)NOCc1ccccc1.O=C=Nc1cn2c3c(cccc13)CCC2. The average Bonchev–Trinajstić information content (AvgIpc) is 3.90. The predicted molar refractivity (Wildman–Crippen MR) is 264 cm³/mol. The Morgan fingerprint density at radius 3 is 1.76 bits per heavy atom. The van der Waals surface area contributed by atoms with Crippen molar-refractivity contribution in [1.82, 2.24) is 25.4 Å². The maximum Gasteiger partial charge on any atom is 0.319 e. The standard InChI is InChI=1S/C26H32N4O3.C14H20ClN2O2.C12H10N2O/c31-24(29-33-19-20-10-4-3-5-11-20)15-6-1-2-7-16-27-26(32)28-23-18-30-17-9-13-21-12-8-14-22(23)25(21)30;15-16-11-7-2-1-6-10-14(18)17-19-12-13-8-4-3-5-9-13;15-8-13-11-7-14-6-2-4-9-3-1-5-10(11)12(9)14/h3-5,8,10-12,14,18H,1-2,6-7,9,13,15-17,19H2,(H,29,31)(H2,27,28,32);3-5,8-9H,1-2,6-7,10-12H2,(H,17,18);1,3,5,7H,2,4,6H2/q;-1;. The zero-order chi connectivity index (χ0) is 46.9. The van der Waals surface area contributed by atoms with Crippen LogP contribution in [-0.2, 0) is 63.2 Å². The van der Waals surface area contributed by atoms with Crippen LogP contribution in [0.2, 0.25) is 0 Å². The molecule has 0 aliphatic carbocycles. The molecule has 2 aliphatic heterocycles. The van der Waals surface area contributed by atoms with E-state index in [0.717, 1.165) is 123 Å². The number of hydroxylamine groups is 2. The Hall–Kier alpha value is -6.28. The Labute approximate surface area is 397 Å². The smallest absolute Gasteiger partial charge is 0.319 e. The molecule has 0 atom stereocenters. The van der Waals surface area contributed by atoms with Crippen molar-refractivity contribution in [2.24, 2.45) is 4.99 Å². The lowest BCUT2D eigenvalue weighted by Crippen LogP contribution is -2.29. The fourth-order valence-corrected chi connectivity index (χ4v) is 8.44. The number of urea groups is 1. The topological polar surface area (TPSA) is 171 Å². The fraction of sp³-hybridized carbons (Fsp3) is 0.385. The number of aromatic nitrogens is 2. The number of aryl methyl sites for hydroxylation is 4. The van der Waals surface area contributed by atoms with Crippen molar-refractivity contribution >= 4 is 68.9 Å². The molecule has 0 saturated carbocycles. The first-order chi connectivity index (χ1) is 32.9. The second-order valence-electron chi connectivity index (χ2n) is 16.6. The first kappa shape index (κ1) is 50.1. The highest BCUT2D eigenvalue weighted by molar-refractivity contribution is 6.24. The van der Waals surface area contributed by atoms with Crippen molar-refractivity contribution in [2.45, 2.75) is 116 Å². The Balaban J connectivity index is 0.000000183. The van der Waals surface area contributed by atoms with E-state index in [0.29, 0.717) is 39.1 Å². The number of aliphatic imine (C=N–C) groups is 1. The molecule has 0 unspecified atom stereocenters. The molecule has 6 aromatic rings. The molecule has 0 spiro atoms. The number of carbonyl (C=O) groups is 3. The van der Waals surface area contributed by atoms with Gasteiger partial charge in [-0.1, -0.05) is 129 Å². The number of hydrogen-bond donors (Lipinski definition) is 4. The van der Waals surface area contributed by atoms with Crippen LogP contribution in [0.4, 0.5) is 16.2 Å². The number of isocyanates is 1. The lowest BCUT2D eigenvalue weighted by molar-refractivity contribution is -0.135. The maximum absolute atomic E-state index is 12.3. The van der Waals surface area contributed by atoms with E-state index in [1.807, 2.05) is 85.2 Å². The van der Waals surface area contributed by atoms with Crippen molar-refractivity contribution < 1.29 is 28.9 Å². The van der Waals surface area contributed by atoms with Crippen LogP contribution < -0.4 is 21.6 Å². The summed E-state index contributed by atoms with van der Waals surface area (Å²) in [6, 6.07) is 31.8. The van der Waals surface area contributed by atoms with Crippen molar-refractivity contribution in [1.29, 1.82) is 0 Å². The van der Waals surface area contributed by atoms with Gasteiger partial charge in [-0.2, -0.15) is 4.99 Å². The molecular formula is C52H62ClN8O6-. The number of nitrogens with one attached hydrogen (secondary N) is 4. The highest BCUT2D eigenvalue weighted by Crippen LogP contribution is 2.34. The summed E-state index contributed by atoms with van der Waals surface area (Å²) < 4.78 is 4.43. The molecular weight excluding hydrogens is 868 g/mol. The van der Waals surface area contributed by atoms with Crippen molar-refractivity contribution in [3.8, 4) is 0 Å². The minimum atomic E-state index is -0.173. The minimum Gasteiger partial charge on any atom is -0.575 e. The van der Waals surface area contributed by atoms with Gasteiger partial charge >= 0.3 is 6.03 Å². The molecule has 8 rings (SSSR count). The Morgan fingerprint density at radius 1 is 0.642 bits per heavy atom. The van der Waals surface area contributed by atoms with Gasteiger partial charge in [0.25, 0.3) is 0 Å². The third-order valence-corrected chi connectivity index (χ3v) is 11.8. The number of carbonyl (C=O) groups excluding carboxylic acids is 4. The summed E-state index contributed by atoms with van der Waals surface area (Å²) in [6.07, 6.45) is 18.5. The van der Waals surface area contributed by atoms with E-state index in [2.05, 4.69) is 64.8 Å². The monoisotopic (exact) mass is 929 g/mol. The van der Waals surface area contributed by atoms with Gasteiger partial charge in [0.05, 0.1) is 29.9 Å². The minimum absolute atomic E-state index is 0.0713. The number of hydrogen-bond acceptors (Lipinski definition) is 7. The number of unbranched alkanes of at least 4 members (excludes halogenated alkanes) is 6. The van der Waals surface area contributed by atoms with Crippen LogP contribution >= 0.6 is 11.8 Å². The molecule has 4 amide bonds. The lowest BCUT2D eigenvalue weighted by Gasteiger charge is -2.14. The molecule has 67 heavy (non-hydrogen) atoms. The fourth-order valence-electron chi connectivity index (χ4n) is 8.32. The summed E-state index contributed by atoms with van der Waals surface area (Å²) in [6.45, 7) is 4.07. The van der Waals surface area contributed by atoms with Crippen LogP contribution in [0.25, 0.3) is 26.6 Å². The second kappa shape index (κ2) is 28.0. The van der Waals surface area contributed by atoms with Crippen molar-refractivity contribution in [3.63, 3.8) is 0 Å². The number of nitrogens with zero attached hydrogens (tertiary/aromatic N) is 4. The number of benzene rings is 4. The highest BCUT2D eigenvalue weighted by atomic mass is 35.5. The molecule has 0 saturated heterocycles. The van der Waals surface area contributed by atoms with Gasteiger partial charge in [-0.25, -0.2) is 20.5 Å². The first-order valence-corrected chi connectivity index (χ1v) is 23.8. The van der Waals surface area contributed by atoms with Crippen LogP contribution in [0.3, 0.4) is 0 Å². The molecule has 2 aromatic heterocycles. The average molecular weight is 931 g/mol. The molecule has 2 aliphatic rings. The van der Waals surface area contributed by atoms with E-state index in [-0.39, 0.29) is 17.8 Å². The second-order valence-corrected chi connectivity index (χ2v) is 16.9. The van der Waals surface area contributed by atoms with E-state index < -0.39 is 0 Å². The van der Waals surface area contributed by atoms with Crippen molar-refractivity contribution in [3.05, 3.63) is 137 Å². The Kier molecular flexibility index (Phi) is 21.0. The van der Waals surface area contributed by atoms with Gasteiger partial charge < -0.3 is 24.6 Å². The van der Waals surface area contributed by atoms with Crippen LogP contribution in [0.1, 0.15) is 99.3 Å². The quantitative estimate of drug-likeness (QED) is 0.0228. The lowest BCUT2D eigenvalue weighted by atomic mass is 10.0. The summed E-state index contributed by atoms with van der Waals surface area (Å²) in [5.41, 5.74) is 13.8. The number of rotatable bonds is 22. The third-order valence-electron chi connectivity index (χ3n) is 11.6. The van der Waals surface area contributed by atoms with E-state index in [4.69, 9.17) is 21.5 Å². The zero-order valence-corrected chi connectivity index (χ0v) is 38.9. The van der Waals surface area contributed by atoms with E-state index in [1.54, 1.807) is 6.08 Å². The van der Waals surface area contributed by atoms with Gasteiger partial charge in [0.2, 0.25) is 17.9 Å². The molecule has 4 heterocycles. The molecule has 4 aromatic carbocycles. The third kappa shape index (κ3) is 16.2. The van der Waals surface area contributed by atoms with Gasteiger partial charge in [-0.15, -0.1) is 6.54 Å². The molecule has 15 heteroatoms. The highest BCUT2D eigenvalue weighted by Gasteiger charge is 2.17. The number of amides is 4. The molecule has 0 radical (unpaired) electrons. The Morgan fingerprint density at radius 2 is 1.18 bits per heavy atom. The molecule has 14 nitrogen and oxygen atoms in total. The van der Waals surface area contributed by atoms with Crippen molar-refractivity contribution in [2.75, 3.05) is 18.4 Å². The number of para-hydroxylation sites is 2. The van der Waals surface area contributed by atoms with Gasteiger partial charge in [0.1, 0.15) is 5.69 Å². The summed E-state index contributed by atoms with van der Waals surface area (Å²) in [5.74, 6) is -0.173. The van der Waals surface area contributed by atoms with Crippen LogP contribution in [0.15, 0.2) is 114 Å². The molecule has 354 valence electrons. The normalized spacial score (nSPS) is 12.2. The van der Waals surface area contributed by atoms with Gasteiger partial charge in [-0.05, 0) is 67.2 Å². The summed E-state index contributed by atoms with van der Waals surface area (Å²) in [7, 11) is 0. The van der Waals surface area contributed by atoms with Crippen LogP contribution in [0.5, 0.6) is 0 Å². The van der Waals surface area contributed by atoms with E-state index in [1.165, 1.54) is 22.2 Å². The van der Waals surface area contributed by atoms with Gasteiger partial charge in [-0.3, -0.25) is 31.0 Å². The number of anilines is 1. The molecule has 0 fully saturated rings. The molecule has 0 bridgehead atoms. The number of halogens is 1. The first-order valence-electron chi connectivity index (χ1n) is 23.4. The molecule has 4 N–H and O–H groups in total. The summed E-state index contributed by atoms with van der Waals surface area (Å²) in [4.78, 5) is 63.6. The van der Waals surface area contributed by atoms with E-state index in [9.17, 15) is 19.2 Å². The zero-order valence-electron chi connectivity index (χ0n) is 38.2. The van der Waals surface area contributed by atoms with E-state index >= 15 is 0 Å². The van der Waals surface area contributed by atoms with Crippen LogP contribution in [0, 0.1) is 0 Å². The summed E-state index contributed by atoms with van der Waals surface area (Å²) in [5, 5.41) is 8.11. The van der Waals surface area contributed by atoms with Gasteiger partial charge in [0, 0.05) is 55.6 Å².